The molecule has 3 atom stereocenters. The third kappa shape index (κ3) is 8.75. The quantitative estimate of drug-likeness (QED) is 0.537. The number of nitrogens with one attached hydrogen (secondary N) is 1. The van der Waals surface area contributed by atoms with Crippen LogP contribution in [-0.2, 0) is 19.1 Å². The van der Waals surface area contributed by atoms with Crippen molar-refractivity contribution in [1.29, 1.82) is 0 Å². The average molecular weight is 414 g/mol. The summed E-state index contributed by atoms with van der Waals surface area (Å²) in [6.45, 7) is 26.1. The van der Waals surface area contributed by atoms with Crippen LogP contribution in [0.3, 0.4) is 0 Å². The summed E-state index contributed by atoms with van der Waals surface area (Å²) in [5.74, 6) is -0.0762. The molecule has 0 rings (SSSR count). The number of Topliss-reactive ketones (excluding diaryl/α,β-unsaturated/α-hetero) is 1. The maximum absolute atomic E-state index is 13.2. The molecule has 0 saturated heterocycles. The smallest absolute Gasteiger partial charge is 0.226 e. The Labute approximate surface area is 179 Å². The van der Waals surface area contributed by atoms with Crippen molar-refractivity contribution in [3.05, 3.63) is 0 Å². The first-order chi connectivity index (χ1) is 12.7. The largest absolute Gasteiger partial charge is 0.368 e. The van der Waals surface area contributed by atoms with E-state index in [0.29, 0.717) is 6.54 Å². The summed E-state index contributed by atoms with van der Waals surface area (Å²) < 4.78 is 11.6. The van der Waals surface area contributed by atoms with Gasteiger partial charge in [0.15, 0.2) is 5.78 Å². The van der Waals surface area contributed by atoms with E-state index in [-0.39, 0.29) is 34.7 Å². The topological polar surface area (TPSA) is 64.6 Å². The lowest BCUT2D eigenvalue weighted by atomic mass is 9.61. The Bertz CT molecular complexity index is 554. The van der Waals surface area contributed by atoms with Crippen molar-refractivity contribution in [2.45, 2.75) is 120 Å². The second-order valence-corrected chi connectivity index (χ2v) is 11.7. The van der Waals surface area contributed by atoms with Gasteiger partial charge >= 0.3 is 0 Å². The Kier molecular flexibility index (Phi) is 9.59. The summed E-state index contributed by atoms with van der Waals surface area (Å²) in [4.78, 5) is 25.9. The molecule has 0 bridgehead atoms. The molecule has 0 spiro atoms. The molecule has 29 heavy (non-hydrogen) atoms. The van der Waals surface area contributed by atoms with Gasteiger partial charge in [-0.2, -0.15) is 0 Å². The summed E-state index contributed by atoms with van der Waals surface area (Å²) >= 11 is 0. The highest BCUT2D eigenvalue weighted by Gasteiger charge is 2.46. The van der Waals surface area contributed by atoms with Crippen LogP contribution in [0.1, 0.15) is 96.4 Å². The first kappa shape index (κ1) is 28.1. The van der Waals surface area contributed by atoms with Crippen LogP contribution in [0.4, 0.5) is 0 Å². The van der Waals surface area contributed by atoms with Gasteiger partial charge < -0.3 is 14.8 Å². The summed E-state index contributed by atoms with van der Waals surface area (Å²) in [6.07, 6.45) is -0.0939. The molecular formula is C24H47NO4. The lowest BCUT2D eigenvalue weighted by Crippen LogP contribution is -2.51. The Morgan fingerprint density at radius 3 is 1.72 bits per heavy atom. The molecule has 0 aliphatic carbocycles. The van der Waals surface area contributed by atoms with Gasteiger partial charge in [0, 0.05) is 6.54 Å². The van der Waals surface area contributed by atoms with Gasteiger partial charge in [0.05, 0.1) is 17.6 Å². The van der Waals surface area contributed by atoms with E-state index in [0.717, 1.165) is 6.42 Å². The van der Waals surface area contributed by atoms with Gasteiger partial charge in [0.25, 0.3) is 0 Å². The Hall–Kier alpha value is -0.940. The molecule has 0 heterocycles. The number of rotatable bonds is 10. The second-order valence-electron chi connectivity index (χ2n) is 11.7. The van der Waals surface area contributed by atoms with Crippen LogP contribution in [0.25, 0.3) is 0 Å². The van der Waals surface area contributed by atoms with E-state index in [4.69, 9.17) is 9.47 Å². The van der Waals surface area contributed by atoms with E-state index in [2.05, 4.69) is 46.9 Å². The highest BCUT2D eigenvalue weighted by atomic mass is 16.5. The zero-order chi connectivity index (χ0) is 23.4. The molecule has 0 saturated carbocycles. The Balaban J connectivity index is 5.08. The molecule has 1 amide bonds. The van der Waals surface area contributed by atoms with Crippen molar-refractivity contribution in [3.63, 3.8) is 0 Å². The fraction of sp³-hybridized carbons (Fsp3) is 0.917. The van der Waals surface area contributed by atoms with E-state index in [1.807, 2.05) is 27.7 Å². The van der Waals surface area contributed by atoms with Crippen molar-refractivity contribution in [1.82, 2.24) is 5.32 Å². The standard InChI is InChI=1S/C24H47NO4/c1-16(2)28-18(4)19(26)23(11,12)29-17(3)14-25-20(27)24(13,22(8,9)10)15-21(5,6)7/h16-18H,14-15H2,1-13H3,(H,25,27). The zero-order valence-corrected chi connectivity index (χ0v) is 21.3. The maximum Gasteiger partial charge on any atom is 0.226 e. The minimum absolute atomic E-state index is 0.0241. The minimum Gasteiger partial charge on any atom is -0.368 e. The van der Waals surface area contributed by atoms with Crippen molar-refractivity contribution < 1.29 is 19.1 Å². The molecule has 5 heteroatoms. The lowest BCUT2D eigenvalue weighted by Gasteiger charge is -2.44. The molecule has 0 aliphatic rings. The summed E-state index contributed by atoms with van der Waals surface area (Å²) in [7, 11) is 0. The number of carbonyl (C=O) groups is 2. The predicted molar refractivity (Wildman–Crippen MR) is 120 cm³/mol. The van der Waals surface area contributed by atoms with Crippen molar-refractivity contribution >= 4 is 11.7 Å². The normalized spacial score (nSPS) is 17.6. The number of hydrogen-bond acceptors (Lipinski definition) is 4. The van der Waals surface area contributed by atoms with Crippen LogP contribution >= 0.6 is 0 Å². The molecule has 0 aliphatic heterocycles. The molecule has 0 radical (unpaired) electrons. The van der Waals surface area contributed by atoms with Crippen molar-refractivity contribution in [3.8, 4) is 0 Å². The SMILES string of the molecule is CC(C)OC(C)C(=O)C(C)(C)OC(C)CNC(=O)C(C)(CC(C)(C)C)C(C)(C)C. The molecular weight excluding hydrogens is 366 g/mol. The third-order valence-electron chi connectivity index (χ3n) is 5.53. The van der Waals surface area contributed by atoms with Crippen molar-refractivity contribution in [2.24, 2.45) is 16.2 Å². The van der Waals surface area contributed by atoms with E-state index < -0.39 is 17.1 Å². The number of ether oxygens (including phenoxy) is 2. The molecule has 172 valence electrons. The molecule has 3 unspecified atom stereocenters. The van der Waals surface area contributed by atoms with Gasteiger partial charge in [-0.05, 0) is 58.8 Å². The van der Waals surface area contributed by atoms with E-state index >= 15 is 0 Å². The molecule has 0 aromatic heterocycles. The van der Waals surface area contributed by atoms with Crippen LogP contribution < -0.4 is 5.32 Å². The van der Waals surface area contributed by atoms with Gasteiger partial charge in [-0.15, -0.1) is 0 Å². The third-order valence-corrected chi connectivity index (χ3v) is 5.53. The lowest BCUT2D eigenvalue weighted by molar-refractivity contribution is -0.159. The van der Waals surface area contributed by atoms with Gasteiger partial charge in [0.2, 0.25) is 5.91 Å². The zero-order valence-electron chi connectivity index (χ0n) is 21.3. The van der Waals surface area contributed by atoms with Crippen molar-refractivity contribution in [2.75, 3.05) is 6.54 Å². The summed E-state index contributed by atoms with van der Waals surface area (Å²) in [5, 5.41) is 3.07. The van der Waals surface area contributed by atoms with Crippen LogP contribution in [0, 0.1) is 16.2 Å². The minimum atomic E-state index is -0.989. The fourth-order valence-corrected chi connectivity index (χ4v) is 3.74. The Morgan fingerprint density at radius 2 is 1.34 bits per heavy atom. The second kappa shape index (κ2) is 9.91. The van der Waals surface area contributed by atoms with E-state index in [9.17, 15) is 9.59 Å². The molecule has 0 aromatic carbocycles. The van der Waals surface area contributed by atoms with Crippen LogP contribution in [0.15, 0.2) is 0 Å². The molecule has 5 nitrogen and oxygen atoms in total. The maximum atomic E-state index is 13.2. The number of hydrogen-bond donors (Lipinski definition) is 1. The Morgan fingerprint density at radius 1 is 0.862 bits per heavy atom. The van der Waals surface area contributed by atoms with Gasteiger partial charge in [-0.25, -0.2) is 0 Å². The van der Waals surface area contributed by atoms with E-state index in [1.165, 1.54) is 0 Å². The molecule has 0 aromatic rings. The number of carbonyl (C=O) groups excluding carboxylic acids is 2. The van der Waals surface area contributed by atoms with Crippen LogP contribution in [0.2, 0.25) is 0 Å². The first-order valence-electron chi connectivity index (χ1n) is 10.9. The summed E-state index contributed by atoms with van der Waals surface area (Å²) in [6, 6.07) is 0. The van der Waals surface area contributed by atoms with Crippen LogP contribution in [0.5, 0.6) is 0 Å². The van der Waals surface area contributed by atoms with Gasteiger partial charge in [-0.1, -0.05) is 48.5 Å². The van der Waals surface area contributed by atoms with E-state index in [1.54, 1.807) is 20.8 Å². The highest BCUT2D eigenvalue weighted by molar-refractivity contribution is 5.90. The van der Waals surface area contributed by atoms with Crippen LogP contribution in [-0.4, -0.2) is 42.1 Å². The highest BCUT2D eigenvalue weighted by Crippen LogP contribution is 2.46. The number of amides is 1. The fourth-order valence-electron chi connectivity index (χ4n) is 3.74. The molecule has 0 fully saturated rings. The monoisotopic (exact) mass is 413 g/mol. The predicted octanol–water partition coefficient (Wildman–Crippen LogP) is 5.16. The first-order valence-corrected chi connectivity index (χ1v) is 10.9. The molecule has 1 N–H and O–H groups in total. The average Bonchev–Trinajstić information content (AvgIpc) is 2.47. The van der Waals surface area contributed by atoms with Gasteiger partial charge in [-0.3, -0.25) is 9.59 Å². The summed E-state index contributed by atoms with van der Waals surface area (Å²) in [5.41, 5.74) is -1.66. The number of ketones is 1. The van der Waals surface area contributed by atoms with Gasteiger partial charge in [0.1, 0.15) is 11.7 Å².